The van der Waals surface area contributed by atoms with Crippen LogP contribution in [0.3, 0.4) is 0 Å². The Balaban J connectivity index is 1.14. The van der Waals surface area contributed by atoms with Gasteiger partial charge in [0.1, 0.15) is 11.8 Å². The minimum Gasteiger partial charge on any atom is -0.493 e. The van der Waals surface area contributed by atoms with Crippen molar-refractivity contribution in [2.75, 3.05) is 20.7 Å². The molecule has 2 aliphatic carbocycles. The van der Waals surface area contributed by atoms with Crippen LogP contribution in [0.2, 0.25) is 0 Å². The van der Waals surface area contributed by atoms with E-state index in [4.69, 9.17) is 24.7 Å². The maximum Gasteiger partial charge on any atom is 0.352 e. The molecule has 2 aromatic rings. The molecular weight excluding hydrogens is 566 g/mol. The van der Waals surface area contributed by atoms with Gasteiger partial charge < -0.3 is 40.0 Å². The minimum absolute atomic E-state index is 0.139. The topological polar surface area (TPSA) is 150 Å². The Morgan fingerprint density at radius 2 is 1.91 bits per heavy atom. The largest absolute Gasteiger partial charge is 0.493 e. The first-order valence-corrected chi connectivity index (χ1v) is 15.0. The first-order valence-electron chi connectivity index (χ1n) is 15.0. The predicted molar refractivity (Wildman–Crippen MR) is 159 cm³/mol. The molecule has 44 heavy (non-hydrogen) atoms. The number of carbonyl (C=O) groups is 3. The molecule has 2 aliphatic heterocycles. The van der Waals surface area contributed by atoms with Gasteiger partial charge in [0.15, 0.2) is 23.7 Å². The molecule has 2 heterocycles. The van der Waals surface area contributed by atoms with E-state index in [1.165, 1.54) is 13.8 Å². The van der Waals surface area contributed by atoms with Gasteiger partial charge >= 0.3 is 11.9 Å². The maximum absolute atomic E-state index is 13.3. The van der Waals surface area contributed by atoms with Crippen LogP contribution in [-0.4, -0.2) is 84.5 Å². The summed E-state index contributed by atoms with van der Waals surface area (Å²) < 4.78 is 23.4. The highest BCUT2D eigenvalue weighted by molar-refractivity contribution is 5.88. The number of rotatable bonds is 9. The minimum atomic E-state index is -1.27. The summed E-state index contributed by atoms with van der Waals surface area (Å²) in [7, 11) is 3.59. The summed E-state index contributed by atoms with van der Waals surface area (Å²) in [4.78, 5) is 40.8. The molecule has 1 saturated heterocycles. The van der Waals surface area contributed by atoms with E-state index in [9.17, 15) is 19.5 Å². The molecule has 11 heteroatoms. The summed E-state index contributed by atoms with van der Waals surface area (Å²) in [5.74, 6) is -0.716. The second-order valence-corrected chi connectivity index (χ2v) is 12.3. The number of amides is 1. The Morgan fingerprint density at radius 3 is 2.64 bits per heavy atom. The molecule has 11 nitrogen and oxygen atoms in total. The number of hydrogen-bond donors (Lipinski definition) is 3. The second kappa shape index (κ2) is 11.2. The van der Waals surface area contributed by atoms with E-state index < -0.39 is 53.2 Å². The normalized spacial score (nSPS) is 28.4. The molecule has 234 valence electrons. The number of esters is 2. The monoisotopic (exact) mass is 605 g/mol. The van der Waals surface area contributed by atoms with Crippen molar-refractivity contribution in [2.45, 2.75) is 80.9 Å². The van der Waals surface area contributed by atoms with Crippen molar-refractivity contribution in [2.24, 2.45) is 5.73 Å². The average molecular weight is 606 g/mol. The summed E-state index contributed by atoms with van der Waals surface area (Å²) in [6.45, 7) is 3.60. The van der Waals surface area contributed by atoms with E-state index in [-0.39, 0.29) is 18.2 Å². The fourth-order valence-corrected chi connectivity index (χ4v) is 7.45. The maximum atomic E-state index is 13.3. The van der Waals surface area contributed by atoms with E-state index in [1.54, 1.807) is 13.2 Å². The van der Waals surface area contributed by atoms with Gasteiger partial charge in [-0.1, -0.05) is 36.4 Å². The molecule has 2 aromatic carbocycles. The van der Waals surface area contributed by atoms with Crippen LogP contribution in [0.4, 0.5) is 0 Å². The van der Waals surface area contributed by atoms with Crippen LogP contribution in [0.25, 0.3) is 0 Å². The van der Waals surface area contributed by atoms with Gasteiger partial charge in [0.2, 0.25) is 5.91 Å². The molecular formula is C33H39N3O8. The molecule has 1 spiro atoms. The highest BCUT2D eigenvalue weighted by Crippen LogP contribution is 2.65. The van der Waals surface area contributed by atoms with Crippen LogP contribution < -0.4 is 20.5 Å². The fourth-order valence-electron chi connectivity index (χ4n) is 7.45. The van der Waals surface area contributed by atoms with Gasteiger partial charge in [0.05, 0.1) is 24.2 Å². The molecule has 4 aliphatic rings. The number of likely N-dealkylation sites (N-methyl/N-ethyl adjacent to an activating group) is 1. The molecule has 6 rings (SSSR count). The molecule has 1 amide bonds. The Morgan fingerprint density at radius 1 is 1.16 bits per heavy atom. The van der Waals surface area contributed by atoms with Gasteiger partial charge in [-0.2, -0.15) is 0 Å². The lowest BCUT2D eigenvalue weighted by atomic mass is 9.50. The number of nitrogens with one attached hydrogen (secondary N) is 1. The van der Waals surface area contributed by atoms with Gasteiger partial charge in [0, 0.05) is 18.0 Å². The van der Waals surface area contributed by atoms with E-state index >= 15 is 0 Å². The molecule has 2 bridgehead atoms. The van der Waals surface area contributed by atoms with E-state index in [2.05, 4.69) is 10.2 Å². The van der Waals surface area contributed by atoms with Crippen molar-refractivity contribution in [1.82, 2.24) is 10.2 Å². The molecule has 0 radical (unpaired) electrons. The van der Waals surface area contributed by atoms with Crippen LogP contribution in [0.5, 0.6) is 11.5 Å². The number of benzene rings is 2. The summed E-state index contributed by atoms with van der Waals surface area (Å²) in [6.07, 6.45) is 1.50. The van der Waals surface area contributed by atoms with Crippen molar-refractivity contribution in [3.8, 4) is 11.5 Å². The highest BCUT2D eigenvalue weighted by atomic mass is 16.6. The smallest absolute Gasteiger partial charge is 0.352 e. The number of likely N-dealkylation sites (tertiary alicyclic amines) is 1. The van der Waals surface area contributed by atoms with Crippen molar-refractivity contribution < 1.29 is 38.4 Å². The third-order valence-corrected chi connectivity index (χ3v) is 9.75. The molecule has 1 fully saturated rings. The number of aliphatic hydroxyl groups is 1. The predicted octanol–water partition coefficient (Wildman–Crippen LogP) is 1.52. The number of methoxy groups -OCH3 is 1. The van der Waals surface area contributed by atoms with Crippen LogP contribution in [0.1, 0.15) is 43.4 Å². The zero-order valence-corrected chi connectivity index (χ0v) is 25.4. The van der Waals surface area contributed by atoms with Crippen LogP contribution >= 0.6 is 0 Å². The van der Waals surface area contributed by atoms with Crippen molar-refractivity contribution in [1.29, 1.82) is 0 Å². The van der Waals surface area contributed by atoms with Crippen molar-refractivity contribution >= 4 is 17.8 Å². The SMILES string of the molecule is COc1ccc2c3c1OC1C(OC(=O)C(C)OC(=O)C(C)NC(=O)C(N)Cc4ccccc4)=CCC4(O)C(C2)N(C)CCC314. The lowest BCUT2D eigenvalue weighted by Crippen LogP contribution is -2.74. The number of nitrogens with zero attached hydrogens (tertiary/aromatic N) is 1. The average Bonchev–Trinajstić information content (AvgIpc) is 3.36. The van der Waals surface area contributed by atoms with E-state index in [0.717, 1.165) is 23.2 Å². The first-order chi connectivity index (χ1) is 21.0. The summed E-state index contributed by atoms with van der Waals surface area (Å²) >= 11 is 0. The van der Waals surface area contributed by atoms with Gasteiger partial charge in [-0.05, 0) is 70.0 Å². The first kappa shape index (κ1) is 30.1. The molecule has 7 atom stereocenters. The standard InChI is InChI=1S/C33H39N3O8/c1-18(35-29(37)22(34)16-20-8-6-5-7-9-20)30(38)42-19(2)31(39)43-24-12-13-33(40)25-17-21-10-11-23(41-4)27-26(21)32(33,28(24)44-27)14-15-36(25)3/h5-12,18-19,22,25,28,40H,13-17,34H2,1-4H3,(H,35,37). The Kier molecular flexibility index (Phi) is 7.67. The molecule has 4 N–H and O–H groups in total. The van der Waals surface area contributed by atoms with Crippen molar-refractivity contribution in [3.63, 3.8) is 0 Å². The summed E-state index contributed by atoms with van der Waals surface area (Å²) in [5.41, 5.74) is 6.96. The number of hydrogen-bond acceptors (Lipinski definition) is 10. The fraction of sp³-hybridized carbons (Fsp3) is 0.485. The Labute approximate surface area is 256 Å². The quantitative estimate of drug-likeness (QED) is 0.359. The van der Waals surface area contributed by atoms with Gasteiger partial charge in [-0.15, -0.1) is 0 Å². The zero-order valence-electron chi connectivity index (χ0n) is 25.4. The van der Waals surface area contributed by atoms with Gasteiger partial charge in [-0.25, -0.2) is 9.59 Å². The molecule has 7 unspecified atom stereocenters. The van der Waals surface area contributed by atoms with Crippen LogP contribution in [0.15, 0.2) is 54.3 Å². The highest BCUT2D eigenvalue weighted by Gasteiger charge is 2.72. The number of ether oxygens (including phenoxy) is 4. The summed E-state index contributed by atoms with van der Waals surface area (Å²) in [6, 6.07) is 11.2. The van der Waals surface area contributed by atoms with Gasteiger partial charge in [-0.3, -0.25) is 4.79 Å². The summed E-state index contributed by atoms with van der Waals surface area (Å²) in [5, 5.41) is 14.9. The lowest BCUT2D eigenvalue weighted by Gasteiger charge is -2.61. The van der Waals surface area contributed by atoms with Gasteiger partial charge in [0.25, 0.3) is 0 Å². The Hall–Kier alpha value is -3.93. The third kappa shape index (κ3) is 4.65. The van der Waals surface area contributed by atoms with Crippen molar-refractivity contribution in [3.05, 3.63) is 71.0 Å². The molecule has 0 saturated carbocycles. The van der Waals surface area contributed by atoms with Crippen LogP contribution in [0, 0.1) is 0 Å². The zero-order chi connectivity index (χ0) is 31.4. The second-order valence-electron chi connectivity index (χ2n) is 12.3. The van der Waals surface area contributed by atoms with E-state index in [0.29, 0.717) is 30.8 Å². The number of carbonyl (C=O) groups excluding carboxylic acids is 3. The third-order valence-electron chi connectivity index (χ3n) is 9.75. The number of piperidine rings is 1. The lowest BCUT2D eigenvalue weighted by molar-refractivity contribution is -0.176. The molecule has 0 aromatic heterocycles. The van der Waals surface area contributed by atoms with E-state index in [1.807, 2.05) is 49.5 Å². The van der Waals surface area contributed by atoms with Crippen LogP contribution in [-0.2, 0) is 42.1 Å². The number of nitrogens with two attached hydrogens (primary N) is 1. The Bertz CT molecular complexity index is 1510.